The van der Waals surface area contributed by atoms with Crippen LogP contribution in [0.15, 0.2) is 24.3 Å². The van der Waals surface area contributed by atoms with Gasteiger partial charge >= 0.3 is 0 Å². The van der Waals surface area contributed by atoms with Crippen molar-refractivity contribution in [1.82, 2.24) is 10.4 Å². The Hall–Kier alpha value is -1.69. The summed E-state index contributed by atoms with van der Waals surface area (Å²) < 4.78 is 0. The number of carbonyl (C=O) groups is 1. The molecule has 3 N–H and O–H groups in total. The monoisotopic (exact) mass is 282 g/mol. The van der Waals surface area contributed by atoms with E-state index in [1.54, 1.807) is 12.1 Å². The van der Waals surface area contributed by atoms with E-state index in [0.29, 0.717) is 5.56 Å². The summed E-state index contributed by atoms with van der Waals surface area (Å²) in [6.45, 7) is 0. The van der Waals surface area contributed by atoms with E-state index in [9.17, 15) is 4.79 Å². The fraction of sp³-hybridized carbons (Fsp3) is 0.100. The number of amides is 1. The van der Waals surface area contributed by atoms with Crippen molar-refractivity contribution in [2.24, 2.45) is 0 Å². The second-order valence-corrected chi connectivity index (χ2v) is 3.50. The van der Waals surface area contributed by atoms with E-state index in [1.807, 2.05) is 12.1 Å². The Balaban J connectivity index is 2.72. The summed E-state index contributed by atoms with van der Waals surface area (Å²) in [4.78, 5) is 11.6. The van der Waals surface area contributed by atoms with Gasteiger partial charge in [0.25, 0.3) is 5.91 Å². The fourth-order valence-corrected chi connectivity index (χ4v) is 1.40. The largest absolute Gasteiger partial charge is 0.289 e. The lowest BCUT2D eigenvalue weighted by molar-refractivity contribution is 0.0910. The van der Waals surface area contributed by atoms with Gasteiger partial charge in [-0.05, 0) is 17.7 Å². The van der Waals surface area contributed by atoms with E-state index in [2.05, 4.69) is 21.4 Å². The average Bonchev–Trinajstić information content (AvgIpc) is 2.35. The second-order valence-electron chi connectivity index (χ2n) is 2.94. The summed E-state index contributed by atoms with van der Waals surface area (Å²) in [6, 6.07) is 7.06. The molecule has 6 heteroatoms. The summed E-state index contributed by atoms with van der Waals surface area (Å²) in [5.74, 6) is -0.354. The summed E-state index contributed by atoms with van der Waals surface area (Å²) >= 11 is 3.31. The highest BCUT2D eigenvalue weighted by Gasteiger charge is 2.06. The van der Waals surface area contributed by atoms with Crippen molar-refractivity contribution in [1.29, 1.82) is 10.8 Å². The van der Waals surface area contributed by atoms with Crippen molar-refractivity contribution in [3.05, 3.63) is 35.4 Å². The van der Waals surface area contributed by atoms with E-state index in [1.165, 1.54) is 0 Å². The van der Waals surface area contributed by atoms with Crippen LogP contribution in [0.2, 0.25) is 0 Å². The van der Waals surface area contributed by atoms with Crippen LogP contribution in [0.3, 0.4) is 0 Å². The van der Waals surface area contributed by atoms with Gasteiger partial charge < -0.3 is 0 Å². The van der Waals surface area contributed by atoms with Crippen molar-refractivity contribution in [2.75, 3.05) is 0 Å². The molecule has 1 rings (SSSR count). The molecule has 84 valence electrons. The Morgan fingerprint density at radius 1 is 1.31 bits per heavy atom. The molecular weight excluding hydrogens is 272 g/mol. The number of nitrogens with zero attached hydrogens (tertiary/aromatic N) is 1. The molecule has 0 saturated carbocycles. The van der Waals surface area contributed by atoms with Gasteiger partial charge in [-0.2, -0.15) is 0 Å². The Kier molecular flexibility index (Phi) is 4.65. The second kappa shape index (κ2) is 6.02. The molecule has 0 fully saturated rings. The van der Waals surface area contributed by atoms with Crippen LogP contribution in [0, 0.1) is 10.8 Å². The molecule has 0 aromatic heterocycles. The zero-order valence-corrected chi connectivity index (χ0v) is 9.99. The zero-order valence-electron chi connectivity index (χ0n) is 8.40. The molecule has 1 aromatic carbocycles. The Labute approximate surface area is 102 Å². The minimum Gasteiger partial charge on any atom is -0.289 e. The van der Waals surface area contributed by atoms with E-state index in [-0.39, 0.29) is 5.91 Å². The summed E-state index contributed by atoms with van der Waals surface area (Å²) in [5, 5.41) is 15.5. The van der Waals surface area contributed by atoms with Crippen molar-refractivity contribution in [3.8, 4) is 0 Å². The van der Waals surface area contributed by atoms with Crippen LogP contribution >= 0.6 is 15.9 Å². The minimum absolute atomic E-state index is 0.354. The fourth-order valence-electron chi connectivity index (χ4n) is 1.03. The molecule has 0 heterocycles. The number of halogens is 1. The smallest absolute Gasteiger partial charge is 0.270 e. The maximum Gasteiger partial charge on any atom is 0.270 e. The Morgan fingerprint density at radius 3 is 2.31 bits per heavy atom. The lowest BCUT2D eigenvalue weighted by Gasteiger charge is -2.13. The summed E-state index contributed by atoms with van der Waals surface area (Å²) in [5.41, 5.74) is 3.93. The van der Waals surface area contributed by atoms with Crippen LogP contribution in [-0.2, 0) is 5.33 Å². The minimum atomic E-state index is -0.354. The van der Waals surface area contributed by atoms with Gasteiger partial charge in [0.1, 0.15) is 12.7 Å². The SMILES string of the molecule is N=CN(C=N)NC(=O)c1ccc(CBr)cc1. The van der Waals surface area contributed by atoms with Crippen LogP contribution < -0.4 is 5.43 Å². The van der Waals surface area contributed by atoms with Crippen LogP contribution in [0.4, 0.5) is 0 Å². The van der Waals surface area contributed by atoms with Gasteiger partial charge in [0, 0.05) is 10.9 Å². The molecule has 1 aromatic rings. The van der Waals surface area contributed by atoms with Crippen LogP contribution in [0.1, 0.15) is 15.9 Å². The third-order valence-corrected chi connectivity index (χ3v) is 2.53. The van der Waals surface area contributed by atoms with E-state index in [4.69, 9.17) is 10.8 Å². The van der Waals surface area contributed by atoms with Crippen molar-refractivity contribution in [2.45, 2.75) is 5.33 Å². The van der Waals surface area contributed by atoms with Gasteiger partial charge in [-0.15, -0.1) is 0 Å². The first kappa shape index (κ1) is 12.4. The van der Waals surface area contributed by atoms with Gasteiger partial charge in [0.2, 0.25) is 0 Å². The molecule has 0 spiro atoms. The predicted octanol–water partition coefficient (Wildman–Crippen LogP) is 1.74. The molecule has 0 atom stereocenters. The van der Waals surface area contributed by atoms with Crippen molar-refractivity contribution in [3.63, 3.8) is 0 Å². The Bertz CT molecular complexity index is 382. The highest BCUT2D eigenvalue weighted by Crippen LogP contribution is 2.07. The third kappa shape index (κ3) is 3.16. The van der Waals surface area contributed by atoms with Gasteiger partial charge in [0.05, 0.1) is 0 Å². The van der Waals surface area contributed by atoms with Gasteiger partial charge in [0.15, 0.2) is 0 Å². The molecule has 0 bridgehead atoms. The molecule has 16 heavy (non-hydrogen) atoms. The van der Waals surface area contributed by atoms with Crippen molar-refractivity contribution < 1.29 is 4.79 Å². The van der Waals surface area contributed by atoms with Gasteiger partial charge in [-0.3, -0.25) is 21.0 Å². The zero-order chi connectivity index (χ0) is 12.0. The number of nitrogens with one attached hydrogen (secondary N) is 3. The van der Waals surface area contributed by atoms with Crippen molar-refractivity contribution >= 4 is 34.5 Å². The highest BCUT2D eigenvalue weighted by atomic mass is 79.9. The molecule has 0 saturated heterocycles. The number of alkyl halides is 1. The standard InChI is InChI=1S/C10H11BrN4O/c11-5-8-1-3-9(4-2-8)10(16)14-15(6-12)7-13/h1-4,6-7,12-13H,5H2,(H,14,16). The number of hydrazine groups is 1. The topological polar surface area (TPSA) is 80.0 Å². The van der Waals surface area contributed by atoms with Crippen LogP contribution in [0.5, 0.6) is 0 Å². The first-order valence-corrected chi connectivity index (χ1v) is 5.59. The Morgan fingerprint density at radius 2 is 1.88 bits per heavy atom. The lowest BCUT2D eigenvalue weighted by atomic mass is 10.1. The van der Waals surface area contributed by atoms with E-state index >= 15 is 0 Å². The first-order chi connectivity index (χ1) is 7.71. The van der Waals surface area contributed by atoms with Crippen LogP contribution in [0.25, 0.3) is 0 Å². The lowest BCUT2D eigenvalue weighted by Crippen LogP contribution is -2.39. The van der Waals surface area contributed by atoms with E-state index < -0.39 is 0 Å². The molecule has 0 radical (unpaired) electrons. The van der Waals surface area contributed by atoms with Gasteiger partial charge in [-0.25, -0.2) is 5.01 Å². The quantitative estimate of drug-likeness (QED) is 0.333. The number of benzene rings is 1. The molecule has 1 amide bonds. The summed E-state index contributed by atoms with van der Waals surface area (Å²) in [6.07, 6.45) is 1.69. The molecule has 0 aliphatic carbocycles. The maximum atomic E-state index is 11.6. The molecular formula is C10H11BrN4O. The molecule has 0 aliphatic rings. The molecule has 5 nitrogen and oxygen atoms in total. The van der Waals surface area contributed by atoms with Gasteiger partial charge in [-0.1, -0.05) is 28.1 Å². The number of hydrogen-bond donors (Lipinski definition) is 3. The van der Waals surface area contributed by atoms with Crippen LogP contribution in [-0.4, -0.2) is 23.6 Å². The molecule has 0 unspecified atom stereocenters. The predicted molar refractivity (Wildman–Crippen MR) is 65.9 cm³/mol. The number of carbonyl (C=O) groups excluding carboxylic acids is 1. The highest BCUT2D eigenvalue weighted by molar-refractivity contribution is 9.08. The third-order valence-electron chi connectivity index (χ3n) is 1.88. The summed E-state index contributed by atoms with van der Waals surface area (Å²) in [7, 11) is 0. The number of hydrogen-bond acceptors (Lipinski definition) is 3. The average molecular weight is 283 g/mol. The first-order valence-electron chi connectivity index (χ1n) is 4.46. The van der Waals surface area contributed by atoms with E-state index in [0.717, 1.165) is 28.6 Å². The maximum absolute atomic E-state index is 11.6. The number of rotatable bonds is 5. The normalized spacial score (nSPS) is 9.31. The molecule has 0 aliphatic heterocycles.